The van der Waals surface area contributed by atoms with E-state index in [9.17, 15) is 4.79 Å². The standard InChI is InChI=1S/C9H6Br2N2O2S2/c1-15-9(14)5-7(12)17-8(13-5)4-2-3(10)6(11)16-4/h2H,12H2,1H3. The van der Waals surface area contributed by atoms with Crippen molar-refractivity contribution in [3.05, 3.63) is 20.0 Å². The molecule has 0 saturated heterocycles. The quantitative estimate of drug-likeness (QED) is 0.783. The largest absolute Gasteiger partial charge is 0.464 e. The Balaban J connectivity index is 2.44. The lowest BCUT2D eigenvalue weighted by Gasteiger charge is -1.93. The van der Waals surface area contributed by atoms with Crippen LogP contribution in [0.3, 0.4) is 0 Å². The third kappa shape index (κ3) is 2.54. The highest BCUT2D eigenvalue weighted by atomic mass is 79.9. The van der Waals surface area contributed by atoms with E-state index >= 15 is 0 Å². The fourth-order valence-electron chi connectivity index (χ4n) is 1.13. The molecule has 90 valence electrons. The maximum absolute atomic E-state index is 11.4. The Morgan fingerprint density at radius 3 is 2.71 bits per heavy atom. The van der Waals surface area contributed by atoms with Crippen LogP contribution in [0.15, 0.2) is 14.3 Å². The molecule has 2 rings (SSSR count). The number of ether oxygens (including phenoxy) is 1. The second kappa shape index (κ2) is 5.05. The highest BCUT2D eigenvalue weighted by molar-refractivity contribution is 9.13. The molecule has 8 heteroatoms. The Hall–Kier alpha value is -0.440. The maximum atomic E-state index is 11.4. The number of esters is 1. The number of carbonyl (C=O) groups excluding carboxylic acids is 1. The summed E-state index contributed by atoms with van der Waals surface area (Å²) in [5.74, 6) is -0.514. The average Bonchev–Trinajstić information content (AvgIpc) is 2.82. The van der Waals surface area contributed by atoms with Crippen molar-refractivity contribution in [1.29, 1.82) is 0 Å². The van der Waals surface area contributed by atoms with E-state index in [2.05, 4.69) is 41.6 Å². The lowest BCUT2D eigenvalue weighted by atomic mass is 10.4. The van der Waals surface area contributed by atoms with Gasteiger partial charge in [0.15, 0.2) is 5.69 Å². The number of carbonyl (C=O) groups is 1. The normalized spacial score (nSPS) is 10.5. The predicted molar refractivity (Wildman–Crippen MR) is 76.6 cm³/mol. The van der Waals surface area contributed by atoms with Gasteiger partial charge in [-0.1, -0.05) is 11.3 Å². The molecule has 0 aliphatic carbocycles. The molecular weight excluding hydrogens is 392 g/mol. The third-order valence-electron chi connectivity index (χ3n) is 1.89. The van der Waals surface area contributed by atoms with Gasteiger partial charge in [0.2, 0.25) is 0 Å². The van der Waals surface area contributed by atoms with Crippen molar-refractivity contribution < 1.29 is 9.53 Å². The molecule has 0 amide bonds. The summed E-state index contributed by atoms with van der Waals surface area (Å²) in [6, 6.07) is 1.92. The first-order chi connectivity index (χ1) is 8.02. The highest BCUT2D eigenvalue weighted by Gasteiger charge is 2.19. The molecule has 0 aliphatic heterocycles. The lowest BCUT2D eigenvalue weighted by molar-refractivity contribution is 0.0596. The number of methoxy groups -OCH3 is 1. The number of thiophene rings is 1. The smallest absolute Gasteiger partial charge is 0.359 e. The van der Waals surface area contributed by atoms with Crippen LogP contribution in [0.2, 0.25) is 0 Å². The molecule has 0 aromatic carbocycles. The molecule has 0 bridgehead atoms. The van der Waals surface area contributed by atoms with E-state index in [0.29, 0.717) is 10.0 Å². The van der Waals surface area contributed by atoms with E-state index in [1.807, 2.05) is 6.07 Å². The van der Waals surface area contributed by atoms with Crippen LogP contribution in [0, 0.1) is 0 Å². The number of aromatic nitrogens is 1. The number of hydrogen-bond donors (Lipinski definition) is 1. The summed E-state index contributed by atoms with van der Waals surface area (Å²) < 4.78 is 6.53. The minimum Gasteiger partial charge on any atom is -0.464 e. The Bertz CT molecular complexity index is 560. The predicted octanol–water partition coefficient (Wildman–Crippen LogP) is 3.77. The molecule has 2 heterocycles. The molecule has 2 aromatic heterocycles. The van der Waals surface area contributed by atoms with Crippen LogP contribution in [0.1, 0.15) is 10.5 Å². The summed E-state index contributed by atoms with van der Waals surface area (Å²) in [4.78, 5) is 16.5. The number of halogens is 2. The second-order valence-corrected chi connectivity index (χ2v) is 7.21. The molecule has 0 fully saturated rings. The van der Waals surface area contributed by atoms with E-state index < -0.39 is 5.97 Å². The Kier molecular flexibility index (Phi) is 3.86. The first-order valence-corrected chi connectivity index (χ1v) is 7.54. The first kappa shape index (κ1) is 13.0. The number of nitrogens with two attached hydrogens (primary N) is 1. The van der Waals surface area contributed by atoms with E-state index in [1.165, 1.54) is 29.8 Å². The maximum Gasteiger partial charge on any atom is 0.359 e. The van der Waals surface area contributed by atoms with Gasteiger partial charge in [0, 0.05) is 4.47 Å². The second-order valence-electron chi connectivity index (χ2n) is 2.96. The number of hydrogen-bond acceptors (Lipinski definition) is 6. The van der Waals surface area contributed by atoms with Crippen molar-refractivity contribution in [2.45, 2.75) is 0 Å². The van der Waals surface area contributed by atoms with E-state index in [4.69, 9.17) is 5.73 Å². The zero-order valence-electron chi connectivity index (χ0n) is 8.49. The number of anilines is 1. The third-order valence-corrected chi connectivity index (χ3v) is 6.20. The van der Waals surface area contributed by atoms with Gasteiger partial charge in [-0.15, -0.1) is 11.3 Å². The van der Waals surface area contributed by atoms with Gasteiger partial charge in [-0.2, -0.15) is 0 Å². The minimum atomic E-state index is -0.514. The molecule has 4 nitrogen and oxygen atoms in total. The number of nitrogen functional groups attached to an aromatic ring is 1. The highest BCUT2D eigenvalue weighted by Crippen LogP contribution is 2.40. The van der Waals surface area contributed by atoms with Gasteiger partial charge >= 0.3 is 5.97 Å². The zero-order chi connectivity index (χ0) is 12.6. The summed E-state index contributed by atoms with van der Waals surface area (Å²) in [7, 11) is 1.30. The van der Waals surface area contributed by atoms with Gasteiger partial charge < -0.3 is 10.5 Å². The minimum absolute atomic E-state index is 0.174. The number of rotatable bonds is 2. The Morgan fingerprint density at radius 2 is 2.18 bits per heavy atom. The van der Waals surface area contributed by atoms with Crippen molar-refractivity contribution in [3.63, 3.8) is 0 Å². The van der Waals surface area contributed by atoms with Crippen molar-refractivity contribution in [3.8, 4) is 9.88 Å². The van der Waals surface area contributed by atoms with Crippen LogP contribution >= 0.6 is 54.5 Å². The first-order valence-electron chi connectivity index (χ1n) is 4.32. The van der Waals surface area contributed by atoms with Crippen LogP contribution < -0.4 is 5.73 Å². The van der Waals surface area contributed by atoms with Gasteiger partial charge in [0.1, 0.15) is 10.0 Å². The molecule has 0 spiro atoms. The lowest BCUT2D eigenvalue weighted by Crippen LogP contribution is -2.04. The Morgan fingerprint density at radius 1 is 1.47 bits per heavy atom. The molecule has 17 heavy (non-hydrogen) atoms. The fraction of sp³-hybridized carbons (Fsp3) is 0.111. The Labute approximate surface area is 122 Å². The average molecular weight is 398 g/mol. The summed E-state index contributed by atoms with van der Waals surface area (Å²) in [6.45, 7) is 0. The van der Waals surface area contributed by atoms with Crippen molar-refractivity contribution in [2.75, 3.05) is 12.8 Å². The molecule has 2 aromatic rings. The molecule has 0 saturated carbocycles. The van der Waals surface area contributed by atoms with Crippen LogP contribution in [0.5, 0.6) is 0 Å². The molecule has 0 unspecified atom stereocenters. The molecular formula is C9H6Br2N2O2S2. The monoisotopic (exact) mass is 396 g/mol. The summed E-state index contributed by atoms with van der Waals surface area (Å²) in [5, 5.41) is 1.08. The topological polar surface area (TPSA) is 65.2 Å². The zero-order valence-corrected chi connectivity index (χ0v) is 13.3. The molecule has 0 radical (unpaired) electrons. The van der Waals surface area contributed by atoms with Crippen molar-refractivity contribution in [2.24, 2.45) is 0 Å². The summed E-state index contributed by atoms with van der Waals surface area (Å²) in [6.07, 6.45) is 0. The van der Waals surface area contributed by atoms with Gasteiger partial charge in [0.05, 0.1) is 15.8 Å². The van der Waals surface area contributed by atoms with Crippen LogP contribution in [0.25, 0.3) is 9.88 Å². The van der Waals surface area contributed by atoms with Crippen molar-refractivity contribution >= 4 is 65.5 Å². The van der Waals surface area contributed by atoms with Crippen LogP contribution in [-0.4, -0.2) is 18.1 Å². The SMILES string of the molecule is COC(=O)c1nc(-c2cc(Br)c(Br)s2)sc1N. The number of thiazole rings is 1. The molecule has 0 atom stereocenters. The summed E-state index contributed by atoms with van der Waals surface area (Å²) >= 11 is 9.59. The van der Waals surface area contributed by atoms with E-state index in [-0.39, 0.29) is 5.69 Å². The molecule has 0 aliphatic rings. The van der Waals surface area contributed by atoms with E-state index in [0.717, 1.165) is 13.1 Å². The van der Waals surface area contributed by atoms with E-state index in [1.54, 1.807) is 0 Å². The van der Waals surface area contributed by atoms with Crippen molar-refractivity contribution in [1.82, 2.24) is 4.98 Å². The van der Waals surface area contributed by atoms with Gasteiger partial charge in [-0.25, -0.2) is 9.78 Å². The summed E-state index contributed by atoms with van der Waals surface area (Å²) in [5.41, 5.74) is 5.91. The fourth-order valence-corrected chi connectivity index (χ4v) is 4.03. The number of nitrogens with zero attached hydrogens (tertiary/aromatic N) is 1. The van der Waals surface area contributed by atoms with Crippen LogP contribution in [-0.2, 0) is 4.74 Å². The van der Waals surface area contributed by atoms with Gasteiger partial charge in [-0.3, -0.25) is 0 Å². The van der Waals surface area contributed by atoms with Crippen LogP contribution in [0.4, 0.5) is 5.00 Å². The molecule has 2 N–H and O–H groups in total. The van der Waals surface area contributed by atoms with Gasteiger partial charge in [0.25, 0.3) is 0 Å². The van der Waals surface area contributed by atoms with Gasteiger partial charge in [-0.05, 0) is 37.9 Å².